The Bertz CT molecular complexity index is 1100. The van der Waals surface area contributed by atoms with Gasteiger partial charge in [-0.3, -0.25) is 9.59 Å². The Morgan fingerprint density at radius 3 is 2.40 bits per heavy atom. The van der Waals surface area contributed by atoms with Gasteiger partial charge in [0.25, 0.3) is 5.56 Å². The molecule has 192 valence electrons. The zero-order valence-corrected chi connectivity index (χ0v) is 17.9. The van der Waals surface area contributed by atoms with Crippen molar-refractivity contribution in [1.82, 2.24) is 10.2 Å². The summed E-state index contributed by atoms with van der Waals surface area (Å²) in [4.78, 5) is 31.9. The molecule has 15 heteroatoms. The third-order valence-electron chi connectivity index (χ3n) is 4.74. The molecule has 1 heterocycles. The van der Waals surface area contributed by atoms with Gasteiger partial charge in [-0.05, 0) is 11.1 Å². The van der Waals surface area contributed by atoms with Crippen molar-refractivity contribution in [1.29, 1.82) is 0 Å². The van der Waals surface area contributed by atoms with Gasteiger partial charge in [-0.15, -0.1) is 0 Å². The van der Waals surface area contributed by atoms with E-state index in [-0.39, 0.29) is 13.0 Å². The molecule has 0 aliphatic heterocycles. The second-order valence-corrected chi connectivity index (χ2v) is 7.05. The van der Waals surface area contributed by atoms with Crippen molar-refractivity contribution >= 4 is 17.6 Å². The number of hydrogen-bond donors (Lipinski definition) is 3. The maximum absolute atomic E-state index is 13.3. The van der Waals surface area contributed by atoms with E-state index in [9.17, 15) is 35.9 Å². The zero-order chi connectivity index (χ0) is 26.4. The van der Waals surface area contributed by atoms with Crippen LogP contribution in [-0.2, 0) is 31.7 Å². The average Bonchev–Trinajstić information content (AvgIpc) is 3.10. The standard InChI is InChI=1S/C18H18F3N3O4.C2HF3O2/c1-27-14(25)6-7-28-13-8-10-4-2-3-5-11(10)16(13)23-12-9-22-24-17(26)15(12)18(19,20)21;3-2(4,5)1(6)7/h2-5,9,13,16H,6-8H2,1H3,(H2,23,24,26);(H,6,7). The highest BCUT2D eigenvalue weighted by Gasteiger charge is 2.40. The summed E-state index contributed by atoms with van der Waals surface area (Å²) in [5, 5.41) is 15.2. The van der Waals surface area contributed by atoms with Crippen LogP contribution in [0.25, 0.3) is 0 Å². The predicted molar refractivity (Wildman–Crippen MR) is 106 cm³/mol. The van der Waals surface area contributed by atoms with Crippen molar-refractivity contribution in [3.05, 3.63) is 57.5 Å². The van der Waals surface area contributed by atoms with Crippen molar-refractivity contribution in [2.24, 2.45) is 0 Å². The first kappa shape index (κ1) is 27.6. The van der Waals surface area contributed by atoms with E-state index in [1.807, 2.05) is 17.2 Å². The van der Waals surface area contributed by atoms with Crippen LogP contribution >= 0.6 is 0 Å². The quantitative estimate of drug-likeness (QED) is 0.399. The van der Waals surface area contributed by atoms with Crippen molar-refractivity contribution in [2.45, 2.75) is 37.3 Å². The first-order valence-corrected chi connectivity index (χ1v) is 9.73. The second-order valence-electron chi connectivity index (χ2n) is 7.05. The largest absolute Gasteiger partial charge is 0.490 e. The lowest BCUT2D eigenvalue weighted by Crippen LogP contribution is -2.30. The van der Waals surface area contributed by atoms with Crippen molar-refractivity contribution < 1.29 is 50.5 Å². The number of aromatic amines is 1. The van der Waals surface area contributed by atoms with Gasteiger partial charge in [-0.25, -0.2) is 9.89 Å². The molecule has 0 spiro atoms. The number of halogens is 6. The van der Waals surface area contributed by atoms with Gasteiger partial charge in [0.05, 0.1) is 44.2 Å². The Kier molecular flexibility index (Phi) is 8.84. The molecule has 35 heavy (non-hydrogen) atoms. The van der Waals surface area contributed by atoms with E-state index in [0.29, 0.717) is 6.42 Å². The number of hydrogen-bond acceptors (Lipinski definition) is 7. The van der Waals surface area contributed by atoms with E-state index in [2.05, 4.69) is 15.2 Å². The number of carboxylic acid groups (broad SMARTS) is 1. The smallest absolute Gasteiger partial charge is 0.475 e. The molecule has 0 amide bonds. The molecule has 1 aromatic carbocycles. The summed E-state index contributed by atoms with van der Waals surface area (Å²) in [5.41, 5.74) is -1.43. The Morgan fingerprint density at radius 2 is 1.83 bits per heavy atom. The van der Waals surface area contributed by atoms with Gasteiger partial charge in [-0.1, -0.05) is 24.3 Å². The Morgan fingerprint density at radius 1 is 1.20 bits per heavy atom. The number of alkyl halides is 6. The zero-order valence-electron chi connectivity index (χ0n) is 17.9. The van der Waals surface area contributed by atoms with E-state index in [4.69, 9.17) is 14.6 Å². The number of benzene rings is 1. The van der Waals surface area contributed by atoms with E-state index in [1.54, 1.807) is 12.1 Å². The number of fused-ring (bicyclic) bond motifs is 1. The molecule has 1 aromatic heterocycles. The summed E-state index contributed by atoms with van der Waals surface area (Å²) >= 11 is 0. The van der Waals surface area contributed by atoms with Crippen LogP contribution in [0.3, 0.4) is 0 Å². The van der Waals surface area contributed by atoms with Crippen LogP contribution < -0.4 is 10.9 Å². The summed E-state index contributed by atoms with van der Waals surface area (Å²) in [7, 11) is 1.26. The lowest BCUT2D eigenvalue weighted by molar-refractivity contribution is -0.192. The van der Waals surface area contributed by atoms with Crippen molar-refractivity contribution in [2.75, 3.05) is 19.0 Å². The van der Waals surface area contributed by atoms with Gasteiger partial charge < -0.3 is 19.9 Å². The minimum absolute atomic E-state index is 0.0242. The van der Waals surface area contributed by atoms with Gasteiger partial charge in [0.15, 0.2) is 0 Å². The summed E-state index contributed by atoms with van der Waals surface area (Å²) < 4.78 is 82.1. The third-order valence-corrected chi connectivity index (χ3v) is 4.74. The molecule has 2 atom stereocenters. The Labute approximate surface area is 193 Å². The topological polar surface area (TPSA) is 131 Å². The molecule has 1 aliphatic carbocycles. The van der Waals surface area contributed by atoms with Crippen LogP contribution in [0, 0.1) is 0 Å². The molecule has 3 N–H and O–H groups in total. The summed E-state index contributed by atoms with van der Waals surface area (Å²) in [6.45, 7) is 0.0588. The van der Waals surface area contributed by atoms with Crippen LogP contribution in [0.2, 0.25) is 0 Å². The maximum Gasteiger partial charge on any atom is 0.490 e. The number of aliphatic carboxylic acids is 1. The lowest BCUT2D eigenvalue weighted by Gasteiger charge is -2.24. The molecule has 0 radical (unpaired) electrons. The fourth-order valence-corrected chi connectivity index (χ4v) is 3.24. The molecule has 3 rings (SSSR count). The molecular weight excluding hydrogens is 492 g/mol. The number of ether oxygens (including phenoxy) is 2. The van der Waals surface area contributed by atoms with Gasteiger partial charge in [-0.2, -0.15) is 31.4 Å². The van der Waals surface area contributed by atoms with Crippen molar-refractivity contribution in [3.63, 3.8) is 0 Å². The van der Waals surface area contributed by atoms with Gasteiger partial charge >= 0.3 is 24.3 Å². The van der Waals surface area contributed by atoms with Crippen LogP contribution in [0.15, 0.2) is 35.3 Å². The number of anilines is 1. The Hall–Kier alpha value is -3.62. The predicted octanol–water partition coefficient (Wildman–Crippen LogP) is 3.08. The van der Waals surface area contributed by atoms with Crippen LogP contribution in [0.1, 0.15) is 29.2 Å². The molecule has 0 fully saturated rings. The number of nitrogens with zero attached hydrogens (tertiary/aromatic N) is 1. The third kappa shape index (κ3) is 7.43. The van der Waals surface area contributed by atoms with Crippen LogP contribution in [-0.4, -0.2) is 53.2 Å². The van der Waals surface area contributed by atoms with Crippen LogP contribution in [0.4, 0.5) is 32.0 Å². The number of nitrogens with one attached hydrogen (secondary N) is 2. The average molecular weight is 511 g/mol. The number of esters is 1. The van der Waals surface area contributed by atoms with E-state index in [1.165, 1.54) is 7.11 Å². The highest BCUT2D eigenvalue weighted by atomic mass is 19.4. The first-order valence-electron chi connectivity index (χ1n) is 9.73. The molecular formula is C20H19F6N3O6. The van der Waals surface area contributed by atoms with E-state index in [0.717, 1.165) is 17.3 Å². The summed E-state index contributed by atoms with van der Waals surface area (Å²) in [6, 6.07) is 6.59. The second kappa shape index (κ2) is 11.2. The highest BCUT2D eigenvalue weighted by Crippen LogP contribution is 2.38. The molecule has 2 unspecified atom stereocenters. The number of methoxy groups -OCH3 is 1. The summed E-state index contributed by atoms with van der Waals surface area (Å²) in [5.74, 6) is -3.20. The van der Waals surface area contributed by atoms with Crippen LogP contribution in [0.5, 0.6) is 0 Å². The minimum atomic E-state index is -5.08. The van der Waals surface area contributed by atoms with E-state index < -0.39 is 53.2 Å². The van der Waals surface area contributed by atoms with Gasteiger partial charge in [0, 0.05) is 6.42 Å². The molecule has 0 saturated heterocycles. The molecule has 0 saturated carbocycles. The van der Waals surface area contributed by atoms with Gasteiger partial charge in [0.2, 0.25) is 0 Å². The fourth-order valence-electron chi connectivity index (χ4n) is 3.24. The lowest BCUT2D eigenvalue weighted by atomic mass is 10.1. The molecule has 2 aromatic rings. The minimum Gasteiger partial charge on any atom is -0.475 e. The van der Waals surface area contributed by atoms with E-state index >= 15 is 0 Å². The Balaban J connectivity index is 0.000000540. The number of aromatic nitrogens is 2. The normalized spacial score (nSPS) is 17.1. The number of carbonyl (C=O) groups excluding carboxylic acids is 1. The SMILES string of the molecule is COC(=O)CCOC1Cc2ccccc2C1Nc1cn[nH]c(=O)c1C(F)(F)F.O=C(O)C(F)(F)F. The monoisotopic (exact) mass is 511 g/mol. The fraction of sp³-hybridized carbons (Fsp3) is 0.400. The summed E-state index contributed by atoms with van der Waals surface area (Å²) in [6.07, 6.45) is -9.06. The highest BCUT2D eigenvalue weighted by molar-refractivity contribution is 5.73. The molecule has 1 aliphatic rings. The number of carbonyl (C=O) groups is 2. The molecule has 0 bridgehead atoms. The first-order chi connectivity index (χ1) is 16.3. The van der Waals surface area contributed by atoms with Gasteiger partial charge in [0.1, 0.15) is 5.56 Å². The molecule has 9 nitrogen and oxygen atoms in total. The number of H-pyrrole nitrogens is 1. The number of carboxylic acids is 1. The van der Waals surface area contributed by atoms with Crippen molar-refractivity contribution in [3.8, 4) is 0 Å². The maximum atomic E-state index is 13.3. The number of rotatable bonds is 6.